The first-order valence-corrected chi connectivity index (χ1v) is 26.6. The number of aromatic nitrogens is 1. The minimum Gasteiger partial charge on any atom is -0.310 e. The molecule has 0 spiro atoms. The number of fused-ring (bicyclic) bond motifs is 5. The van der Waals surface area contributed by atoms with E-state index in [-0.39, 0.29) is 0 Å². The molecular formula is C72H52N2S. The number of hydrogen-bond acceptors (Lipinski definition) is 2. The number of thiophene rings is 1. The summed E-state index contributed by atoms with van der Waals surface area (Å²) in [5.41, 5.74) is 18.9. The monoisotopic (exact) mass is 976 g/mol. The molecule has 0 atom stereocenters. The molecule has 75 heavy (non-hydrogen) atoms. The zero-order valence-electron chi connectivity index (χ0n) is 41.6. The van der Waals surface area contributed by atoms with Gasteiger partial charge in [-0.3, -0.25) is 0 Å². The lowest BCUT2D eigenvalue weighted by Gasteiger charge is -2.28. The van der Waals surface area contributed by atoms with Crippen LogP contribution in [0.1, 0.15) is 27.9 Å². The van der Waals surface area contributed by atoms with Gasteiger partial charge in [0.1, 0.15) is 0 Å². The first-order chi connectivity index (χ1) is 37.1. The Hall–Kier alpha value is -9.28. The Morgan fingerprint density at radius 3 is 1.80 bits per heavy atom. The second-order valence-corrected chi connectivity index (χ2v) is 20.4. The first-order valence-electron chi connectivity index (χ1n) is 25.8. The van der Waals surface area contributed by atoms with Gasteiger partial charge in [0.2, 0.25) is 0 Å². The highest BCUT2D eigenvalue weighted by molar-refractivity contribution is 7.25. The molecule has 356 valence electrons. The number of hydrogen-bond donors (Lipinski definition) is 0. The van der Waals surface area contributed by atoms with Gasteiger partial charge in [0, 0.05) is 53.9 Å². The smallest absolute Gasteiger partial charge is 0.0540 e. The summed E-state index contributed by atoms with van der Waals surface area (Å²) in [5.74, 6) is 0. The Kier molecular flexibility index (Phi) is 12.1. The van der Waals surface area contributed by atoms with Crippen LogP contribution in [-0.4, -0.2) is 4.57 Å². The lowest BCUT2D eigenvalue weighted by atomic mass is 9.96. The Bertz CT molecular complexity index is 4240. The third kappa shape index (κ3) is 8.94. The van der Waals surface area contributed by atoms with Gasteiger partial charge < -0.3 is 9.47 Å². The highest BCUT2D eigenvalue weighted by Gasteiger charge is 2.19. The summed E-state index contributed by atoms with van der Waals surface area (Å²) in [6, 6.07) is 95.0. The standard InChI is InChI=1S/C72H52N2S/c1-50-63-25-8-12-30-69(63)74(62-45-46-72-67(49-62)66-28-10-14-32-71(66)75-72)68(50)29-11-5-17-51-18-15-23-59(47-51)65-27-9-13-31-70(65)73(60-41-37-55(38-42-60)53-19-3-2-4-20-53)61-43-39-56(40-44-61)54-35-33-52(34-36-54)48-58-24-16-22-57-21-6-7-26-64(57)58/h2-47,49H,48H2,1H3/b17-5+,29-11-. The Morgan fingerprint density at radius 2 is 1.01 bits per heavy atom. The molecule has 2 heterocycles. The molecule has 11 aromatic carbocycles. The lowest BCUT2D eigenvalue weighted by molar-refractivity contribution is 1.10. The van der Waals surface area contributed by atoms with Crippen LogP contribution in [0.15, 0.2) is 273 Å². The van der Waals surface area contributed by atoms with Gasteiger partial charge in [-0.2, -0.15) is 0 Å². The summed E-state index contributed by atoms with van der Waals surface area (Å²) >= 11 is 1.86. The minimum atomic E-state index is 0.896. The van der Waals surface area contributed by atoms with E-state index in [9.17, 15) is 0 Å². The largest absolute Gasteiger partial charge is 0.310 e. The summed E-state index contributed by atoms with van der Waals surface area (Å²) < 4.78 is 5.04. The highest BCUT2D eigenvalue weighted by atomic mass is 32.1. The van der Waals surface area contributed by atoms with Crippen molar-refractivity contribution in [1.82, 2.24) is 4.57 Å². The van der Waals surface area contributed by atoms with E-state index in [1.165, 1.54) is 92.2 Å². The van der Waals surface area contributed by atoms with Crippen molar-refractivity contribution in [1.29, 1.82) is 0 Å². The molecule has 0 fully saturated rings. The molecule has 2 nitrogen and oxygen atoms in total. The van der Waals surface area contributed by atoms with Crippen LogP contribution in [0.2, 0.25) is 0 Å². The molecule has 0 amide bonds. The molecule has 0 aliphatic rings. The molecule has 0 radical (unpaired) electrons. The maximum absolute atomic E-state index is 2.42. The number of nitrogens with zero attached hydrogens (tertiary/aromatic N) is 2. The molecule has 0 N–H and O–H groups in total. The summed E-state index contributed by atoms with van der Waals surface area (Å²) in [6.45, 7) is 2.24. The van der Waals surface area contributed by atoms with E-state index in [4.69, 9.17) is 0 Å². The number of allylic oxidation sites excluding steroid dienone is 2. The van der Waals surface area contributed by atoms with E-state index >= 15 is 0 Å². The molecule has 0 aliphatic carbocycles. The SMILES string of the molecule is Cc1c(/C=C\C=C\c2cccc(-c3ccccc3N(c3ccc(-c4ccccc4)cc3)c3ccc(-c4ccc(Cc5cccc6ccccc56)cc4)cc3)c2)n(-c2ccc3sc4ccccc4c3c2)c2ccccc12. The molecular weight excluding hydrogens is 925 g/mol. The van der Waals surface area contributed by atoms with Crippen LogP contribution in [0.4, 0.5) is 17.1 Å². The average Bonchev–Trinajstić information content (AvgIpc) is 3.99. The van der Waals surface area contributed by atoms with E-state index in [1.54, 1.807) is 0 Å². The Balaban J connectivity index is 0.810. The molecule has 0 aliphatic heterocycles. The van der Waals surface area contributed by atoms with Crippen molar-refractivity contribution in [3.63, 3.8) is 0 Å². The van der Waals surface area contributed by atoms with Crippen LogP contribution >= 0.6 is 11.3 Å². The van der Waals surface area contributed by atoms with Crippen molar-refractivity contribution in [2.75, 3.05) is 4.90 Å². The fourth-order valence-electron chi connectivity index (χ4n) is 10.9. The second kappa shape index (κ2) is 20.0. The van der Waals surface area contributed by atoms with Gasteiger partial charge in [-0.05, 0) is 147 Å². The van der Waals surface area contributed by atoms with Gasteiger partial charge in [0.15, 0.2) is 0 Å². The van der Waals surface area contributed by atoms with E-state index in [1.807, 2.05) is 11.3 Å². The fourth-order valence-corrected chi connectivity index (χ4v) is 12.0. The fraction of sp³-hybridized carbons (Fsp3) is 0.0278. The van der Waals surface area contributed by atoms with E-state index in [0.717, 1.165) is 40.2 Å². The summed E-state index contributed by atoms with van der Waals surface area (Å²) in [4.78, 5) is 2.40. The van der Waals surface area contributed by atoms with E-state index < -0.39 is 0 Å². The van der Waals surface area contributed by atoms with Crippen LogP contribution in [0.25, 0.3) is 93.1 Å². The van der Waals surface area contributed by atoms with Crippen LogP contribution in [-0.2, 0) is 6.42 Å². The molecule has 0 unspecified atom stereocenters. The summed E-state index contributed by atoms with van der Waals surface area (Å²) in [7, 11) is 0. The van der Waals surface area contributed by atoms with Crippen molar-refractivity contribution in [2.45, 2.75) is 13.3 Å². The number of anilines is 3. The quantitative estimate of drug-likeness (QED) is 0.111. The van der Waals surface area contributed by atoms with Crippen LogP contribution in [0.3, 0.4) is 0 Å². The minimum absolute atomic E-state index is 0.896. The zero-order valence-corrected chi connectivity index (χ0v) is 42.5. The topological polar surface area (TPSA) is 8.17 Å². The Morgan fingerprint density at radius 1 is 0.427 bits per heavy atom. The van der Waals surface area contributed by atoms with Crippen molar-refractivity contribution in [2.24, 2.45) is 0 Å². The molecule has 0 bridgehead atoms. The first kappa shape index (κ1) is 45.6. The van der Waals surface area contributed by atoms with Crippen LogP contribution < -0.4 is 4.90 Å². The van der Waals surface area contributed by atoms with Crippen molar-refractivity contribution < 1.29 is 0 Å². The number of para-hydroxylation sites is 2. The third-order valence-electron chi connectivity index (χ3n) is 14.7. The average molecular weight is 977 g/mol. The number of aryl methyl sites for hydroxylation is 1. The third-order valence-corrected chi connectivity index (χ3v) is 15.9. The molecule has 0 saturated heterocycles. The maximum Gasteiger partial charge on any atom is 0.0540 e. The second-order valence-electron chi connectivity index (χ2n) is 19.3. The lowest BCUT2D eigenvalue weighted by Crippen LogP contribution is -2.11. The summed E-state index contributed by atoms with van der Waals surface area (Å²) in [6.07, 6.45) is 9.72. The molecule has 13 rings (SSSR count). The maximum atomic E-state index is 2.42. The predicted molar refractivity (Wildman–Crippen MR) is 323 cm³/mol. The van der Waals surface area contributed by atoms with Gasteiger partial charge in [0.05, 0.1) is 11.2 Å². The number of rotatable bonds is 12. The van der Waals surface area contributed by atoms with Gasteiger partial charge in [-0.15, -0.1) is 11.3 Å². The van der Waals surface area contributed by atoms with E-state index in [0.29, 0.717) is 0 Å². The van der Waals surface area contributed by atoms with Gasteiger partial charge >= 0.3 is 0 Å². The van der Waals surface area contributed by atoms with Gasteiger partial charge in [-0.25, -0.2) is 0 Å². The normalized spacial score (nSPS) is 11.7. The highest BCUT2D eigenvalue weighted by Crippen LogP contribution is 2.43. The molecule has 3 heteroatoms. The predicted octanol–water partition coefficient (Wildman–Crippen LogP) is 20.2. The molecule has 0 saturated carbocycles. The summed E-state index contributed by atoms with van der Waals surface area (Å²) in [5, 5.41) is 6.47. The molecule has 2 aromatic heterocycles. The van der Waals surface area contributed by atoms with Crippen molar-refractivity contribution in [3.05, 3.63) is 301 Å². The van der Waals surface area contributed by atoms with Crippen molar-refractivity contribution >= 4 is 82.4 Å². The molecule has 13 aromatic rings. The van der Waals surface area contributed by atoms with Crippen molar-refractivity contribution in [3.8, 4) is 39.1 Å². The number of benzene rings is 11. The van der Waals surface area contributed by atoms with Gasteiger partial charge in [0.25, 0.3) is 0 Å². The van der Waals surface area contributed by atoms with Gasteiger partial charge in [-0.1, -0.05) is 212 Å². The van der Waals surface area contributed by atoms with E-state index in [2.05, 4.69) is 302 Å². The van der Waals surface area contributed by atoms with Crippen LogP contribution in [0, 0.1) is 6.92 Å². The van der Waals surface area contributed by atoms with Crippen LogP contribution in [0.5, 0.6) is 0 Å². The zero-order chi connectivity index (χ0) is 50.1. The Labute approximate surface area is 442 Å².